The zero-order valence-corrected chi connectivity index (χ0v) is 10.7. The van der Waals surface area contributed by atoms with Gasteiger partial charge in [-0.05, 0) is 43.3 Å². The average Bonchev–Trinajstić information content (AvgIpc) is 2.42. The van der Waals surface area contributed by atoms with E-state index in [0.29, 0.717) is 11.5 Å². The maximum absolute atomic E-state index is 9.26. The highest BCUT2D eigenvalue weighted by Gasteiger charge is 2.10. The third kappa shape index (κ3) is 3.98. The summed E-state index contributed by atoms with van der Waals surface area (Å²) in [6, 6.07) is 16.6. The second-order valence-electron chi connectivity index (χ2n) is 4.21. The Hall–Kier alpha value is -2.04. The Morgan fingerprint density at radius 2 is 1.42 bits per heavy atom. The molecular weight excluding hydrogens is 242 g/mol. The summed E-state index contributed by atoms with van der Waals surface area (Å²) in [5, 5.41) is 9.26. The quantitative estimate of drug-likeness (QED) is 0.810. The van der Waals surface area contributed by atoms with E-state index < -0.39 is 12.3 Å². The van der Waals surface area contributed by atoms with Crippen LogP contribution in [0.2, 0.25) is 0 Å². The van der Waals surface area contributed by atoms with Gasteiger partial charge in [0.15, 0.2) is 6.23 Å². The topological polar surface area (TPSA) is 64.7 Å². The number of para-hydroxylation sites is 1. The van der Waals surface area contributed by atoms with Crippen molar-refractivity contribution in [3.8, 4) is 17.2 Å². The average molecular weight is 259 g/mol. The summed E-state index contributed by atoms with van der Waals surface area (Å²) < 4.78 is 11.0. The zero-order chi connectivity index (χ0) is 13.7. The van der Waals surface area contributed by atoms with Gasteiger partial charge in [-0.3, -0.25) is 5.73 Å². The van der Waals surface area contributed by atoms with Crippen LogP contribution >= 0.6 is 0 Å². The molecule has 4 heteroatoms. The molecule has 0 aliphatic heterocycles. The van der Waals surface area contributed by atoms with Crippen LogP contribution < -0.4 is 15.2 Å². The van der Waals surface area contributed by atoms with E-state index in [4.69, 9.17) is 15.2 Å². The number of hydrogen-bond acceptors (Lipinski definition) is 4. The summed E-state index contributed by atoms with van der Waals surface area (Å²) in [7, 11) is 0. The number of aliphatic hydroxyl groups excluding tert-OH is 1. The predicted molar refractivity (Wildman–Crippen MR) is 73.2 cm³/mol. The maximum Gasteiger partial charge on any atom is 0.173 e. The van der Waals surface area contributed by atoms with E-state index in [1.807, 2.05) is 30.3 Å². The fourth-order valence-corrected chi connectivity index (χ4v) is 1.47. The lowest BCUT2D eigenvalue weighted by Gasteiger charge is -2.17. The first kappa shape index (κ1) is 13.4. The fourth-order valence-electron chi connectivity index (χ4n) is 1.47. The van der Waals surface area contributed by atoms with Crippen molar-refractivity contribution in [3.05, 3.63) is 54.6 Å². The van der Waals surface area contributed by atoms with Crippen LogP contribution in [0, 0.1) is 0 Å². The Kier molecular flexibility index (Phi) is 4.39. The van der Waals surface area contributed by atoms with Gasteiger partial charge < -0.3 is 14.6 Å². The van der Waals surface area contributed by atoms with Crippen molar-refractivity contribution >= 4 is 0 Å². The summed E-state index contributed by atoms with van der Waals surface area (Å²) >= 11 is 0. The molecule has 100 valence electrons. The van der Waals surface area contributed by atoms with E-state index in [1.54, 1.807) is 31.2 Å². The molecule has 2 aromatic carbocycles. The van der Waals surface area contributed by atoms with Crippen molar-refractivity contribution in [1.82, 2.24) is 0 Å². The van der Waals surface area contributed by atoms with Gasteiger partial charge in [-0.2, -0.15) is 0 Å². The molecule has 0 aliphatic rings. The zero-order valence-electron chi connectivity index (χ0n) is 10.7. The third-order valence-electron chi connectivity index (χ3n) is 2.55. The number of aliphatic hydroxyl groups is 1. The van der Waals surface area contributed by atoms with Crippen LogP contribution in [-0.2, 0) is 0 Å². The molecular formula is C15H17NO3. The van der Waals surface area contributed by atoms with Gasteiger partial charge in [-0.1, -0.05) is 18.2 Å². The Bertz CT molecular complexity index is 497. The number of hydrogen-bond donors (Lipinski definition) is 2. The molecule has 0 saturated carbocycles. The molecule has 0 amide bonds. The molecule has 2 aromatic rings. The molecule has 0 fully saturated rings. The molecule has 0 radical (unpaired) electrons. The highest BCUT2D eigenvalue weighted by Crippen LogP contribution is 2.23. The van der Waals surface area contributed by atoms with Crippen molar-refractivity contribution in [3.63, 3.8) is 0 Å². The van der Waals surface area contributed by atoms with Gasteiger partial charge in [0.2, 0.25) is 0 Å². The summed E-state index contributed by atoms with van der Waals surface area (Å²) in [6.45, 7) is 1.58. The molecule has 0 bridgehead atoms. The van der Waals surface area contributed by atoms with Crippen molar-refractivity contribution in [1.29, 1.82) is 0 Å². The first-order valence-corrected chi connectivity index (χ1v) is 6.08. The second-order valence-corrected chi connectivity index (χ2v) is 4.21. The van der Waals surface area contributed by atoms with Crippen molar-refractivity contribution in [2.75, 3.05) is 0 Å². The lowest BCUT2D eigenvalue weighted by atomic mass is 10.3. The van der Waals surface area contributed by atoms with Gasteiger partial charge in [0.05, 0.1) is 0 Å². The first-order valence-electron chi connectivity index (χ1n) is 6.08. The smallest absolute Gasteiger partial charge is 0.173 e. The number of nitrogens with two attached hydrogens (primary N) is 1. The van der Waals surface area contributed by atoms with E-state index in [-0.39, 0.29) is 0 Å². The van der Waals surface area contributed by atoms with E-state index in [0.717, 1.165) is 5.75 Å². The number of rotatable bonds is 5. The largest absolute Gasteiger partial charge is 0.473 e. The summed E-state index contributed by atoms with van der Waals surface area (Å²) in [5.41, 5.74) is 5.61. The van der Waals surface area contributed by atoms with E-state index >= 15 is 0 Å². The van der Waals surface area contributed by atoms with Gasteiger partial charge in [0, 0.05) is 0 Å². The fraction of sp³-hybridized carbons (Fsp3) is 0.200. The minimum absolute atomic E-state index is 0.591. The standard InChI is InChI=1S/C15H17NO3/c1-11(17)15(16)19-14-9-7-13(8-10-14)18-12-5-3-2-4-6-12/h2-11,15,17H,16H2,1H3. The third-order valence-corrected chi connectivity index (χ3v) is 2.55. The SMILES string of the molecule is CC(O)C(N)Oc1ccc(Oc2ccccc2)cc1. The van der Waals surface area contributed by atoms with Crippen LogP contribution in [-0.4, -0.2) is 17.4 Å². The summed E-state index contributed by atoms with van der Waals surface area (Å²) in [4.78, 5) is 0. The van der Waals surface area contributed by atoms with Gasteiger partial charge in [0.25, 0.3) is 0 Å². The molecule has 0 heterocycles. The molecule has 0 saturated heterocycles. The van der Waals surface area contributed by atoms with Crippen LogP contribution in [0.25, 0.3) is 0 Å². The number of ether oxygens (including phenoxy) is 2. The Balaban J connectivity index is 1.99. The molecule has 0 aliphatic carbocycles. The van der Waals surface area contributed by atoms with E-state index in [9.17, 15) is 5.11 Å². The molecule has 2 rings (SSSR count). The molecule has 2 unspecified atom stereocenters. The van der Waals surface area contributed by atoms with Crippen LogP contribution in [0.4, 0.5) is 0 Å². The normalized spacial score (nSPS) is 13.6. The molecule has 0 spiro atoms. The van der Waals surface area contributed by atoms with E-state index in [2.05, 4.69) is 0 Å². The first-order chi connectivity index (χ1) is 9.15. The van der Waals surface area contributed by atoms with Gasteiger partial charge in [-0.15, -0.1) is 0 Å². The summed E-state index contributed by atoms with van der Waals surface area (Å²) in [6.07, 6.45) is -1.46. The highest BCUT2D eigenvalue weighted by molar-refractivity contribution is 5.35. The second kappa shape index (κ2) is 6.22. The van der Waals surface area contributed by atoms with E-state index in [1.165, 1.54) is 0 Å². The number of benzene rings is 2. The Labute approximate surface area is 112 Å². The molecule has 2 atom stereocenters. The predicted octanol–water partition coefficient (Wildman–Crippen LogP) is 2.52. The van der Waals surface area contributed by atoms with Crippen LogP contribution in [0.3, 0.4) is 0 Å². The monoisotopic (exact) mass is 259 g/mol. The maximum atomic E-state index is 9.26. The van der Waals surface area contributed by atoms with Crippen molar-refractivity contribution < 1.29 is 14.6 Å². The lowest BCUT2D eigenvalue weighted by Crippen LogP contribution is -2.37. The molecule has 19 heavy (non-hydrogen) atoms. The minimum Gasteiger partial charge on any atom is -0.473 e. The molecule has 0 aromatic heterocycles. The Morgan fingerprint density at radius 1 is 0.895 bits per heavy atom. The minimum atomic E-state index is -0.735. The van der Waals surface area contributed by atoms with Crippen molar-refractivity contribution in [2.24, 2.45) is 5.73 Å². The Morgan fingerprint density at radius 3 is 2.00 bits per heavy atom. The lowest BCUT2D eigenvalue weighted by molar-refractivity contribution is 0.0528. The van der Waals surface area contributed by atoms with Gasteiger partial charge in [-0.25, -0.2) is 0 Å². The molecule has 3 N–H and O–H groups in total. The van der Waals surface area contributed by atoms with Crippen LogP contribution in [0.5, 0.6) is 17.2 Å². The van der Waals surface area contributed by atoms with Crippen LogP contribution in [0.15, 0.2) is 54.6 Å². The van der Waals surface area contributed by atoms with Gasteiger partial charge in [0.1, 0.15) is 23.4 Å². The van der Waals surface area contributed by atoms with Crippen molar-refractivity contribution in [2.45, 2.75) is 19.3 Å². The van der Waals surface area contributed by atoms with Crippen LogP contribution in [0.1, 0.15) is 6.92 Å². The molecule has 4 nitrogen and oxygen atoms in total. The highest BCUT2D eigenvalue weighted by atomic mass is 16.5. The summed E-state index contributed by atoms with van der Waals surface area (Å²) in [5.74, 6) is 2.08. The van der Waals surface area contributed by atoms with Gasteiger partial charge >= 0.3 is 0 Å².